The molecule has 0 radical (unpaired) electrons. The van der Waals surface area contributed by atoms with Crippen LogP contribution in [0.5, 0.6) is 0 Å². The van der Waals surface area contributed by atoms with E-state index in [0.29, 0.717) is 17.8 Å². The summed E-state index contributed by atoms with van der Waals surface area (Å²) in [6.07, 6.45) is 0.510. The Kier molecular flexibility index (Phi) is 4.14. The standard InChI is InChI=1S/C13H12ClN3O3/c1-2-12-15-11(14)7-13(18)16(12)8-9-5-3-4-6-10(9)17(19)20/h3-7H,2,8H2,1H3. The van der Waals surface area contributed by atoms with Gasteiger partial charge in [0, 0.05) is 24.1 Å². The highest BCUT2D eigenvalue weighted by Gasteiger charge is 2.15. The summed E-state index contributed by atoms with van der Waals surface area (Å²) in [5, 5.41) is 11.1. The van der Waals surface area contributed by atoms with Gasteiger partial charge in [0.1, 0.15) is 11.0 Å². The Labute approximate surface area is 119 Å². The van der Waals surface area contributed by atoms with Gasteiger partial charge in [0.15, 0.2) is 0 Å². The van der Waals surface area contributed by atoms with E-state index in [1.165, 1.54) is 16.7 Å². The van der Waals surface area contributed by atoms with Gasteiger partial charge in [0.25, 0.3) is 11.2 Å². The Hall–Kier alpha value is -2.21. The van der Waals surface area contributed by atoms with Crippen LogP contribution in [-0.4, -0.2) is 14.5 Å². The Morgan fingerprint density at radius 2 is 2.10 bits per heavy atom. The molecule has 20 heavy (non-hydrogen) atoms. The molecule has 7 heteroatoms. The summed E-state index contributed by atoms with van der Waals surface area (Å²) in [4.78, 5) is 26.6. The average Bonchev–Trinajstić information content (AvgIpc) is 2.41. The van der Waals surface area contributed by atoms with E-state index < -0.39 is 4.92 Å². The van der Waals surface area contributed by atoms with Crippen LogP contribution in [0.3, 0.4) is 0 Å². The fourth-order valence-corrected chi connectivity index (χ4v) is 2.15. The van der Waals surface area contributed by atoms with Crippen molar-refractivity contribution in [2.45, 2.75) is 19.9 Å². The molecule has 0 saturated heterocycles. The highest BCUT2D eigenvalue weighted by molar-refractivity contribution is 6.29. The second-order valence-corrected chi connectivity index (χ2v) is 4.55. The third-order valence-corrected chi connectivity index (χ3v) is 3.08. The molecule has 0 unspecified atom stereocenters. The summed E-state index contributed by atoms with van der Waals surface area (Å²) >= 11 is 5.75. The summed E-state index contributed by atoms with van der Waals surface area (Å²) in [6.45, 7) is 1.94. The first-order valence-corrected chi connectivity index (χ1v) is 6.39. The quantitative estimate of drug-likeness (QED) is 0.493. The summed E-state index contributed by atoms with van der Waals surface area (Å²) in [5.74, 6) is 0.501. The number of nitrogens with zero attached hydrogens (tertiary/aromatic N) is 3. The van der Waals surface area contributed by atoms with Crippen molar-refractivity contribution in [1.29, 1.82) is 0 Å². The number of hydrogen-bond donors (Lipinski definition) is 0. The van der Waals surface area contributed by atoms with E-state index in [9.17, 15) is 14.9 Å². The topological polar surface area (TPSA) is 78.0 Å². The minimum atomic E-state index is -0.463. The van der Waals surface area contributed by atoms with Crippen molar-refractivity contribution in [1.82, 2.24) is 9.55 Å². The lowest BCUT2D eigenvalue weighted by Gasteiger charge is -2.11. The average molecular weight is 294 g/mol. The third-order valence-electron chi connectivity index (χ3n) is 2.89. The van der Waals surface area contributed by atoms with Crippen molar-refractivity contribution >= 4 is 17.3 Å². The van der Waals surface area contributed by atoms with Crippen LogP contribution in [0.2, 0.25) is 5.15 Å². The largest absolute Gasteiger partial charge is 0.292 e. The molecule has 6 nitrogen and oxygen atoms in total. The predicted octanol–water partition coefficient (Wildman–Crippen LogP) is 2.42. The van der Waals surface area contributed by atoms with E-state index in [0.717, 1.165) is 0 Å². The Bertz CT molecular complexity index is 712. The second kappa shape index (κ2) is 5.83. The van der Waals surface area contributed by atoms with Gasteiger partial charge in [0.05, 0.1) is 11.5 Å². The lowest BCUT2D eigenvalue weighted by atomic mass is 10.2. The zero-order chi connectivity index (χ0) is 14.7. The Morgan fingerprint density at radius 1 is 1.40 bits per heavy atom. The van der Waals surface area contributed by atoms with Crippen LogP contribution in [0, 0.1) is 10.1 Å². The summed E-state index contributed by atoms with van der Waals surface area (Å²) in [5.41, 5.74) is 0.120. The first kappa shape index (κ1) is 14.2. The van der Waals surface area contributed by atoms with Gasteiger partial charge in [-0.05, 0) is 0 Å². The highest BCUT2D eigenvalue weighted by atomic mass is 35.5. The molecular formula is C13H12ClN3O3. The van der Waals surface area contributed by atoms with Crippen LogP contribution < -0.4 is 5.56 Å². The van der Waals surface area contributed by atoms with Crippen LogP contribution in [-0.2, 0) is 13.0 Å². The maximum Gasteiger partial charge on any atom is 0.274 e. The summed E-state index contributed by atoms with van der Waals surface area (Å²) < 4.78 is 1.40. The fourth-order valence-electron chi connectivity index (χ4n) is 1.96. The minimum Gasteiger partial charge on any atom is -0.292 e. The van der Waals surface area contributed by atoms with E-state index in [1.807, 2.05) is 6.92 Å². The van der Waals surface area contributed by atoms with Crippen LogP contribution in [0.4, 0.5) is 5.69 Å². The molecule has 0 amide bonds. The zero-order valence-electron chi connectivity index (χ0n) is 10.7. The fraction of sp³-hybridized carbons (Fsp3) is 0.231. The minimum absolute atomic E-state index is 0.0172. The van der Waals surface area contributed by atoms with Gasteiger partial charge >= 0.3 is 0 Å². The monoisotopic (exact) mass is 293 g/mol. The van der Waals surface area contributed by atoms with Crippen LogP contribution >= 0.6 is 11.6 Å². The molecule has 2 aromatic rings. The number of benzene rings is 1. The first-order valence-electron chi connectivity index (χ1n) is 6.01. The van der Waals surface area contributed by atoms with Crippen molar-refractivity contribution in [3.63, 3.8) is 0 Å². The van der Waals surface area contributed by atoms with Crippen molar-refractivity contribution in [3.05, 3.63) is 67.3 Å². The maximum atomic E-state index is 12.0. The molecule has 0 saturated carbocycles. The second-order valence-electron chi connectivity index (χ2n) is 4.16. The molecule has 1 aromatic carbocycles. The van der Waals surface area contributed by atoms with Crippen molar-refractivity contribution < 1.29 is 4.92 Å². The first-order chi connectivity index (χ1) is 9.52. The van der Waals surface area contributed by atoms with Gasteiger partial charge in [-0.15, -0.1) is 0 Å². The molecular weight excluding hydrogens is 282 g/mol. The number of nitro benzene ring substituents is 1. The van der Waals surface area contributed by atoms with E-state index in [1.54, 1.807) is 18.2 Å². The molecule has 2 rings (SSSR count). The maximum absolute atomic E-state index is 12.0. The van der Waals surface area contributed by atoms with Crippen LogP contribution in [0.1, 0.15) is 18.3 Å². The Balaban J connectivity index is 2.51. The molecule has 1 aromatic heterocycles. The number of halogens is 1. The van der Waals surface area contributed by atoms with E-state index >= 15 is 0 Å². The number of aryl methyl sites for hydroxylation is 1. The molecule has 1 heterocycles. The number of hydrogen-bond acceptors (Lipinski definition) is 4. The van der Waals surface area contributed by atoms with E-state index in [-0.39, 0.29) is 22.9 Å². The smallest absolute Gasteiger partial charge is 0.274 e. The molecule has 0 N–H and O–H groups in total. The highest BCUT2D eigenvalue weighted by Crippen LogP contribution is 2.19. The molecule has 0 aliphatic heterocycles. The zero-order valence-corrected chi connectivity index (χ0v) is 11.5. The lowest BCUT2D eigenvalue weighted by molar-refractivity contribution is -0.385. The van der Waals surface area contributed by atoms with Crippen molar-refractivity contribution in [2.75, 3.05) is 0 Å². The van der Waals surface area contributed by atoms with Crippen LogP contribution in [0.15, 0.2) is 35.1 Å². The molecule has 0 atom stereocenters. The van der Waals surface area contributed by atoms with Gasteiger partial charge in [-0.3, -0.25) is 19.5 Å². The van der Waals surface area contributed by atoms with E-state index in [4.69, 9.17) is 11.6 Å². The van der Waals surface area contributed by atoms with Crippen molar-refractivity contribution in [3.8, 4) is 0 Å². The molecule has 0 fully saturated rings. The van der Waals surface area contributed by atoms with Gasteiger partial charge < -0.3 is 0 Å². The summed E-state index contributed by atoms with van der Waals surface area (Å²) in [7, 11) is 0. The number of nitro groups is 1. The summed E-state index contributed by atoms with van der Waals surface area (Å²) in [6, 6.07) is 7.52. The number of para-hydroxylation sites is 1. The van der Waals surface area contributed by atoms with Gasteiger partial charge in [-0.2, -0.15) is 0 Å². The third kappa shape index (κ3) is 2.85. The van der Waals surface area contributed by atoms with Gasteiger partial charge in [-0.1, -0.05) is 36.7 Å². The predicted molar refractivity (Wildman–Crippen MR) is 75.1 cm³/mol. The molecule has 0 aliphatic carbocycles. The lowest BCUT2D eigenvalue weighted by Crippen LogP contribution is -2.25. The molecule has 104 valence electrons. The number of rotatable bonds is 4. The van der Waals surface area contributed by atoms with Crippen LogP contribution in [0.25, 0.3) is 0 Å². The molecule has 0 bridgehead atoms. The number of aromatic nitrogens is 2. The van der Waals surface area contributed by atoms with E-state index in [2.05, 4.69) is 4.98 Å². The molecule has 0 aliphatic rings. The van der Waals surface area contributed by atoms with Gasteiger partial charge in [0.2, 0.25) is 0 Å². The SMILES string of the molecule is CCc1nc(Cl)cc(=O)n1Cc1ccccc1[N+](=O)[O-]. The Morgan fingerprint density at radius 3 is 2.75 bits per heavy atom. The van der Waals surface area contributed by atoms with Gasteiger partial charge in [-0.25, -0.2) is 4.98 Å². The molecule has 0 spiro atoms. The van der Waals surface area contributed by atoms with Crippen molar-refractivity contribution in [2.24, 2.45) is 0 Å². The normalized spacial score (nSPS) is 10.5.